The second-order valence-electron chi connectivity index (χ2n) is 1.51. The average Bonchev–Trinajstić information content (AvgIpc) is 1.85. The van der Waals surface area contributed by atoms with Crippen LogP contribution in [0.1, 0.15) is 0 Å². The van der Waals surface area contributed by atoms with E-state index in [1.54, 1.807) is 0 Å². The summed E-state index contributed by atoms with van der Waals surface area (Å²) in [7, 11) is 0. The number of carbonyl (C=O) groups excluding carboxylic acids is 2. The number of aliphatic hydroxyl groups excluding tert-OH is 1. The number of aliphatic hydroxyl groups is 1. The molecule has 1 N–H and O–H groups in total. The molecule has 0 aromatic rings. The third kappa shape index (κ3) is 3.60. The molecule has 0 aromatic carbocycles. The van der Waals surface area contributed by atoms with Crippen molar-refractivity contribution in [1.82, 2.24) is 0 Å². The lowest BCUT2D eigenvalue weighted by molar-refractivity contribution is -0.133. The highest BCUT2D eigenvalue weighted by Crippen LogP contribution is 2.27. The summed E-state index contributed by atoms with van der Waals surface area (Å²) in [4.78, 5) is 21.2. The summed E-state index contributed by atoms with van der Waals surface area (Å²) in [5, 5.41) is 8.07. The second kappa shape index (κ2) is 3.95. The number of hydrogen-bond donors (Lipinski definition) is 1. The predicted octanol–water partition coefficient (Wildman–Crippen LogP) is 1.57. The topological polar surface area (TPSA) is 54.4 Å². The Bertz CT molecular complexity index is 204. The Labute approximate surface area is 77.5 Å². The van der Waals surface area contributed by atoms with Gasteiger partial charge in [-0.3, -0.25) is 9.59 Å². The quantitative estimate of drug-likeness (QED) is 0.331. The van der Waals surface area contributed by atoms with Gasteiger partial charge in [0.1, 0.15) is 0 Å². The molecule has 0 aliphatic heterocycles. The van der Waals surface area contributed by atoms with Gasteiger partial charge >= 0.3 is 0 Å². The first-order chi connectivity index (χ1) is 4.89. The monoisotopic (exact) mass is 216 g/mol. The van der Waals surface area contributed by atoms with E-state index in [9.17, 15) is 9.59 Å². The number of rotatable bonds is 2. The molecule has 0 saturated heterocycles. The molecular weight excluding hydrogens is 214 g/mol. The number of halogens is 3. The number of carbonyl (C=O) groups is 2. The number of alkyl halides is 3. The van der Waals surface area contributed by atoms with Crippen LogP contribution in [-0.4, -0.2) is 20.5 Å². The minimum atomic E-state index is -2.25. The lowest BCUT2D eigenvalue weighted by Crippen LogP contribution is -2.26. The predicted molar refractivity (Wildman–Crippen MR) is 42.1 cm³/mol. The minimum absolute atomic E-state index is 0.399. The van der Waals surface area contributed by atoms with Crippen LogP contribution in [0.3, 0.4) is 0 Å². The first kappa shape index (κ1) is 10.8. The largest absolute Gasteiger partial charge is 0.515 e. The van der Waals surface area contributed by atoms with E-state index >= 15 is 0 Å². The van der Waals surface area contributed by atoms with Gasteiger partial charge in [-0.1, -0.05) is 34.8 Å². The SMILES string of the molecule is O=C(/C=C\O)C(=O)C(Cl)(Cl)Cl. The van der Waals surface area contributed by atoms with Crippen LogP contribution < -0.4 is 0 Å². The van der Waals surface area contributed by atoms with Gasteiger partial charge in [0.15, 0.2) is 0 Å². The lowest BCUT2D eigenvalue weighted by Gasteiger charge is -2.04. The summed E-state index contributed by atoms with van der Waals surface area (Å²) in [6.07, 6.45) is 1.00. The standard InChI is InChI=1S/C5H3Cl3O3/c6-5(7,8)4(11)3(10)1-2-9/h1-2,9H/b2-1-. The van der Waals surface area contributed by atoms with Crippen molar-refractivity contribution in [2.24, 2.45) is 0 Å². The van der Waals surface area contributed by atoms with Crippen molar-refractivity contribution in [3.63, 3.8) is 0 Å². The molecule has 0 saturated carbocycles. The number of hydrogen-bond acceptors (Lipinski definition) is 3. The van der Waals surface area contributed by atoms with Crippen LogP contribution in [0.2, 0.25) is 0 Å². The molecule has 62 valence electrons. The van der Waals surface area contributed by atoms with Crippen LogP contribution in [-0.2, 0) is 9.59 Å². The summed E-state index contributed by atoms with van der Waals surface area (Å²) >= 11 is 15.2. The van der Waals surface area contributed by atoms with E-state index in [-0.39, 0.29) is 0 Å². The van der Waals surface area contributed by atoms with Crippen molar-refractivity contribution in [1.29, 1.82) is 0 Å². The molecule has 0 aromatic heterocycles. The van der Waals surface area contributed by atoms with E-state index in [4.69, 9.17) is 39.9 Å². The van der Waals surface area contributed by atoms with Crippen LogP contribution in [0.25, 0.3) is 0 Å². The smallest absolute Gasteiger partial charge is 0.256 e. The van der Waals surface area contributed by atoms with Crippen molar-refractivity contribution in [3.8, 4) is 0 Å². The molecule has 0 rings (SSSR count). The maximum absolute atomic E-state index is 10.6. The first-order valence-corrected chi connectivity index (χ1v) is 3.49. The number of ketones is 2. The number of allylic oxidation sites excluding steroid dienone is 1. The molecule has 0 bridgehead atoms. The molecule has 0 aliphatic carbocycles. The summed E-state index contributed by atoms with van der Waals surface area (Å²) in [5.41, 5.74) is 0. The molecule has 3 nitrogen and oxygen atoms in total. The maximum atomic E-state index is 10.6. The Balaban J connectivity index is 4.39. The number of Topliss-reactive ketones (excluding diaryl/α,β-unsaturated/α-hetero) is 1. The molecule has 0 aliphatic rings. The highest BCUT2D eigenvalue weighted by molar-refractivity contribution is 6.82. The van der Waals surface area contributed by atoms with E-state index in [0.29, 0.717) is 12.3 Å². The molecule has 0 heterocycles. The Morgan fingerprint density at radius 1 is 1.27 bits per heavy atom. The molecule has 0 fully saturated rings. The van der Waals surface area contributed by atoms with Crippen molar-refractivity contribution in [2.75, 3.05) is 0 Å². The molecule has 6 heteroatoms. The first-order valence-electron chi connectivity index (χ1n) is 2.36. The van der Waals surface area contributed by atoms with Gasteiger partial charge in [0.25, 0.3) is 9.58 Å². The molecule has 11 heavy (non-hydrogen) atoms. The fraction of sp³-hybridized carbons (Fsp3) is 0.200. The Morgan fingerprint density at radius 3 is 2.00 bits per heavy atom. The molecule has 0 radical (unpaired) electrons. The molecule has 0 atom stereocenters. The van der Waals surface area contributed by atoms with E-state index < -0.39 is 15.4 Å². The van der Waals surface area contributed by atoms with E-state index in [0.717, 1.165) is 0 Å². The lowest BCUT2D eigenvalue weighted by atomic mass is 10.3. The fourth-order valence-electron chi connectivity index (χ4n) is 0.283. The third-order valence-electron chi connectivity index (χ3n) is 0.707. The summed E-state index contributed by atoms with van der Waals surface area (Å²) < 4.78 is -2.25. The molecule has 0 unspecified atom stereocenters. The van der Waals surface area contributed by atoms with E-state index in [1.165, 1.54) is 0 Å². The van der Waals surface area contributed by atoms with Gasteiger partial charge in [-0.15, -0.1) is 0 Å². The normalized spacial score (nSPS) is 11.9. The van der Waals surface area contributed by atoms with E-state index in [1.807, 2.05) is 0 Å². The maximum Gasteiger partial charge on any atom is 0.256 e. The Morgan fingerprint density at radius 2 is 1.73 bits per heavy atom. The van der Waals surface area contributed by atoms with Gasteiger partial charge < -0.3 is 5.11 Å². The van der Waals surface area contributed by atoms with Crippen molar-refractivity contribution < 1.29 is 14.7 Å². The zero-order valence-electron chi connectivity index (χ0n) is 5.05. The highest BCUT2D eigenvalue weighted by Gasteiger charge is 2.34. The van der Waals surface area contributed by atoms with Gasteiger partial charge in [0, 0.05) is 6.08 Å². The molecular formula is C5H3Cl3O3. The second-order valence-corrected chi connectivity index (χ2v) is 3.79. The Kier molecular flexibility index (Phi) is 3.86. The fourth-order valence-corrected chi connectivity index (χ4v) is 0.562. The third-order valence-corrected chi connectivity index (χ3v) is 1.22. The van der Waals surface area contributed by atoms with Crippen molar-refractivity contribution in [3.05, 3.63) is 12.3 Å². The summed E-state index contributed by atoms with van der Waals surface area (Å²) in [5.74, 6) is -2.26. The zero-order valence-corrected chi connectivity index (χ0v) is 7.32. The van der Waals surface area contributed by atoms with Gasteiger partial charge in [0.2, 0.25) is 5.78 Å². The molecule has 0 spiro atoms. The van der Waals surface area contributed by atoms with Crippen LogP contribution in [0.5, 0.6) is 0 Å². The molecule has 0 amide bonds. The van der Waals surface area contributed by atoms with Crippen LogP contribution >= 0.6 is 34.8 Å². The van der Waals surface area contributed by atoms with Crippen LogP contribution in [0, 0.1) is 0 Å². The van der Waals surface area contributed by atoms with E-state index in [2.05, 4.69) is 0 Å². The van der Waals surface area contributed by atoms with Gasteiger partial charge in [-0.25, -0.2) is 0 Å². The van der Waals surface area contributed by atoms with Crippen molar-refractivity contribution in [2.45, 2.75) is 3.79 Å². The van der Waals surface area contributed by atoms with Gasteiger partial charge in [0.05, 0.1) is 6.26 Å². The van der Waals surface area contributed by atoms with Gasteiger partial charge in [-0.2, -0.15) is 0 Å². The minimum Gasteiger partial charge on any atom is -0.515 e. The van der Waals surface area contributed by atoms with Gasteiger partial charge in [-0.05, 0) is 0 Å². The average molecular weight is 217 g/mol. The van der Waals surface area contributed by atoms with Crippen LogP contribution in [0.15, 0.2) is 12.3 Å². The van der Waals surface area contributed by atoms with Crippen LogP contribution in [0.4, 0.5) is 0 Å². The van der Waals surface area contributed by atoms with Crippen molar-refractivity contribution >= 4 is 46.4 Å². The Hall–Kier alpha value is -0.250. The zero-order chi connectivity index (χ0) is 9.07. The summed E-state index contributed by atoms with van der Waals surface area (Å²) in [6, 6.07) is 0. The summed E-state index contributed by atoms with van der Waals surface area (Å²) in [6.45, 7) is 0. The highest BCUT2D eigenvalue weighted by atomic mass is 35.6.